The number of hydrogen-bond donors (Lipinski definition) is 0. The lowest BCUT2D eigenvalue weighted by molar-refractivity contribution is 0.540. The molecule has 1 aliphatic carbocycles. The smallest absolute Gasteiger partial charge is 0.0171 e. The molecule has 22 heavy (non-hydrogen) atoms. The van der Waals surface area contributed by atoms with Crippen molar-refractivity contribution in [1.82, 2.24) is 0 Å². The molecule has 0 aliphatic heterocycles. The molecule has 0 nitrogen and oxygen atoms in total. The van der Waals surface area contributed by atoms with Gasteiger partial charge < -0.3 is 0 Å². The molecule has 0 saturated heterocycles. The van der Waals surface area contributed by atoms with Gasteiger partial charge in [-0.3, -0.25) is 0 Å². The van der Waals surface area contributed by atoms with Gasteiger partial charge in [0.05, 0.1) is 0 Å². The number of rotatable bonds is 2. The van der Waals surface area contributed by atoms with Crippen LogP contribution in [0.25, 0.3) is 11.1 Å². The van der Waals surface area contributed by atoms with Gasteiger partial charge in [0.25, 0.3) is 0 Å². The summed E-state index contributed by atoms with van der Waals surface area (Å²) in [5, 5.41) is 0. The van der Waals surface area contributed by atoms with E-state index in [9.17, 15) is 0 Å². The standard InChI is InChI=1S/C12H10.C10H16/c1-3-7-11(8-4-1)12-9-5-2-6-10-12;1-8(2)10-6-4-9(3)5-7-10/h1-10H;4,10H,1,5-7H2,2-3H3/t;10-/m.0/s1. The fourth-order valence-electron chi connectivity index (χ4n) is 2.67. The van der Waals surface area contributed by atoms with Crippen LogP contribution in [0.2, 0.25) is 0 Å². The van der Waals surface area contributed by atoms with Crippen molar-refractivity contribution in [3.05, 3.63) is 84.5 Å². The highest BCUT2D eigenvalue weighted by atomic mass is 14.2. The summed E-state index contributed by atoms with van der Waals surface area (Å²) in [7, 11) is 0. The monoisotopic (exact) mass is 290 g/mol. The Morgan fingerprint density at radius 3 is 1.77 bits per heavy atom. The van der Waals surface area contributed by atoms with Gasteiger partial charge >= 0.3 is 0 Å². The van der Waals surface area contributed by atoms with Gasteiger partial charge in [-0.1, -0.05) is 84.5 Å². The topological polar surface area (TPSA) is 0 Å². The minimum absolute atomic E-state index is 0.767. The van der Waals surface area contributed by atoms with Gasteiger partial charge in [-0.2, -0.15) is 0 Å². The molecule has 0 N–H and O–H groups in total. The molecule has 2 aromatic rings. The maximum Gasteiger partial charge on any atom is -0.0171 e. The molecular weight excluding hydrogens is 264 g/mol. The Morgan fingerprint density at radius 2 is 1.41 bits per heavy atom. The Bertz CT molecular complexity index is 568. The van der Waals surface area contributed by atoms with Gasteiger partial charge in [-0.15, -0.1) is 0 Å². The second-order valence-electron chi connectivity index (χ2n) is 6.10. The first-order valence-electron chi connectivity index (χ1n) is 8.08. The first kappa shape index (κ1) is 16.3. The summed E-state index contributed by atoms with van der Waals surface area (Å²) in [6, 6.07) is 20.8. The highest BCUT2D eigenvalue weighted by Crippen LogP contribution is 2.27. The number of allylic oxidation sites excluding steroid dienone is 3. The maximum atomic E-state index is 3.97. The van der Waals surface area contributed by atoms with Crippen LogP contribution < -0.4 is 0 Å². The molecule has 0 heterocycles. The average Bonchev–Trinajstić information content (AvgIpc) is 2.57. The van der Waals surface area contributed by atoms with Gasteiger partial charge in [0.2, 0.25) is 0 Å². The highest BCUT2D eigenvalue weighted by molar-refractivity contribution is 5.62. The summed E-state index contributed by atoms with van der Waals surface area (Å²) >= 11 is 0. The Balaban J connectivity index is 0.000000164. The van der Waals surface area contributed by atoms with Gasteiger partial charge in [0, 0.05) is 0 Å². The molecule has 0 radical (unpaired) electrons. The van der Waals surface area contributed by atoms with Crippen molar-refractivity contribution in [1.29, 1.82) is 0 Å². The van der Waals surface area contributed by atoms with Crippen LogP contribution in [0.1, 0.15) is 33.1 Å². The molecule has 1 aliphatic rings. The molecule has 3 rings (SSSR count). The van der Waals surface area contributed by atoms with E-state index in [0.717, 1.165) is 5.92 Å². The summed E-state index contributed by atoms with van der Waals surface area (Å²) in [5.41, 5.74) is 5.46. The predicted octanol–water partition coefficient (Wildman–Crippen LogP) is 6.66. The molecule has 0 fully saturated rings. The largest absolute Gasteiger partial charge is 0.0998 e. The third-order valence-corrected chi connectivity index (χ3v) is 4.22. The lowest BCUT2D eigenvalue weighted by Crippen LogP contribution is -2.04. The Hall–Kier alpha value is -2.08. The summed E-state index contributed by atoms with van der Waals surface area (Å²) in [5.74, 6) is 0.767. The lowest BCUT2D eigenvalue weighted by Gasteiger charge is -2.19. The predicted molar refractivity (Wildman–Crippen MR) is 97.8 cm³/mol. The van der Waals surface area contributed by atoms with E-state index in [1.807, 2.05) is 12.1 Å². The van der Waals surface area contributed by atoms with Crippen LogP contribution in [-0.2, 0) is 0 Å². The third kappa shape index (κ3) is 5.04. The number of benzene rings is 2. The maximum absolute atomic E-state index is 3.97. The fraction of sp³-hybridized carbons (Fsp3) is 0.273. The minimum atomic E-state index is 0.767. The van der Waals surface area contributed by atoms with E-state index in [4.69, 9.17) is 0 Å². The molecule has 0 aromatic heterocycles. The van der Waals surface area contributed by atoms with Crippen LogP contribution in [0.4, 0.5) is 0 Å². The average molecular weight is 290 g/mol. The van der Waals surface area contributed by atoms with Crippen molar-refractivity contribution in [3.63, 3.8) is 0 Å². The molecule has 2 aromatic carbocycles. The fourth-order valence-corrected chi connectivity index (χ4v) is 2.67. The summed E-state index contributed by atoms with van der Waals surface area (Å²) < 4.78 is 0. The molecule has 0 bridgehead atoms. The van der Waals surface area contributed by atoms with E-state index in [1.54, 1.807) is 5.57 Å². The zero-order chi connectivity index (χ0) is 15.8. The first-order valence-corrected chi connectivity index (χ1v) is 8.08. The van der Waals surface area contributed by atoms with E-state index in [-0.39, 0.29) is 0 Å². The second-order valence-corrected chi connectivity index (χ2v) is 6.10. The highest BCUT2D eigenvalue weighted by Gasteiger charge is 2.11. The Labute approximate surface area is 135 Å². The molecule has 0 unspecified atom stereocenters. The number of hydrogen-bond acceptors (Lipinski definition) is 0. The zero-order valence-electron chi connectivity index (χ0n) is 13.8. The molecule has 0 spiro atoms. The van der Waals surface area contributed by atoms with Crippen molar-refractivity contribution >= 4 is 0 Å². The molecule has 0 heteroatoms. The van der Waals surface area contributed by atoms with Crippen LogP contribution in [0.5, 0.6) is 0 Å². The minimum Gasteiger partial charge on any atom is -0.0998 e. The summed E-state index contributed by atoms with van der Waals surface area (Å²) in [6.45, 7) is 8.33. The quantitative estimate of drug-likeness (QED) is 0.542. The van der Waals surface area contributed by atoms with E-state index >= 15 is 0 Å². The van der Waals surface area contributed by atoms with Crippen LogP contribution in [0, 0.1) is 5.92 Å². The van der Waals surface area contributed by atoms with Crippen molar-refractivity contribution < 1.29 is 0 Å². The lowest BCUT2D eigenvalue weighted by atomic mass is 9.86. The van der Waals surface area contributed by atoms with Crippen molar-refractivity contribution in [2.45, 2.75) is 33.1 Å². The van der Waals surface area contributed by atoms with E-state index < -0.39 is 0 Å². The normalized spacial score (nSPS) is 17.0. The Morgan fingerprint density at radius 1 is 0.909 bits per heavy atom. The van der Waals surface area contributed by atoms with Crippen LogP contribution in [-0.4, -0.2) is 0 Å². The van der Waals surface area contributed by atoms with Gasteiger partial charge in [0.15, 0.2) is 0 Å². The van der Waals surface area contributed by atoms with Gasteiger partial charge in [-0.25, -0.2) is 0 Å². The second kappa shape index (κ2) is 8.38. The van der Waals surface area contributed by atoms with Gasteiger partial charge in [-0.05, 0) is 50.2 Å². The van der Waals surface area contributed by atoms with Crippen LogP contribution in [0.3, 0.4) is 0 Å². The van der Waals surface area contributed by atoms with Gasteiger partial charge in [0.1, 0.15) is 0 Å². The SMILES string of the molecule is C=C(C)[C@H]1CC=C(C)CC1.c1ccc(-c2ccccc2)cc1. The van der Waals surface area contributed by atoms with Crippen molar-refractivity contribution in [2.75, 3.05) is 0 Å². The first-order chi connectivity index (χ1) is 10.7. The van der Waals surface area contributed by atoms with E-state index in [0.29, 0.717) is 0 Å². The Kier molecular flexibility index (Phi) is 6.21. The third-order valence-electron chi connectivity index (χ3n) is 4.22. The molecule has 1 atom stereocenters. The molecule has 0 amide bonds. The van der Waals surface area contributed by atoms with Crippen LogP contribution >= 0.6 is 0 Å². The van der Waals surface area contributed by atoms with Crippen molar-refractivity contribution in [3.8, 4) is 11.1 Å². The molecule has 0 saturated carbocycles. The van der Waals surface area contributed by atoms with Crippen LogP contribution in [0.15, 0.2) is 84.5 Å². The molecule has 114 valence electrons. The van der Waals surface area contributed by atoms with E-state index in [2.05, 4.69) is 75.0 Å². The zero-order valence-corrected chi connectivity index (χ0v) is 13.8. The molecular formula is C22H26. The summed E-state index contributed by atoms with van der Waals surface area (Å²) in [6.07, 6.45) is 6.17. The summed E-state index contributed by atoms with van der Waals surface area (Å²) in [4.78, 5) is 0. The van der Waals surface area contributed by atoms with E-state index in [1.165, 1.54) is 36.0 Å². The van der Waals surface area contributed by atoms with Crippen molar-refractivity contribution in [2.24, 2.45) is 5.92 Å².